The van der Waals surface area contributed by atoms with E-state index in [0.29, 0.717) is 13.1 Å². The molecule has 0 radical (unpaired) electrons. The molecule has 2 fully saturated rings. The summed E-state index contributed by atoms with van der Waals surface area (Å²) in [7, 11) is -6.70. The molecule has 6 nitrogen and oxygen atoms in total. The van der Waals surface area contributed by atoms with Crippen LogP contribution in [-0.2, 0) is 19.9 Å². The van der Waals surface area contributed by atoms with E-state index in [1.807, 2.05) is 6.92 Å². The maximum absolute atomic E-state index is 12.7. The second-order valence-corrected chi connectivity index (χ2v) is 10.5. The molecule has 1 N–H and O–H groups in total. The highest BCUT2D eigenvalue weighted by atomic mass is 32.2. The van der Waals surface area contributed by atoms with E-state index in [1.165, 1.54) is 4.31 Å². The lowest BCUT2D eigenvalue weighted by atomic mass is 10.1. The lowest BCUT2D eigenvalue weighted by Crippen LogP contribution is -2.48. The number of piperidine rings is 1. The van der Waals surface area contributed by atoms with Crippen LogP contribution in [0.2, 0.25) is 0 Å². The van der Waals surface area contributed by atoms with Gasteiger partial charge in [0, 0.05) is 19.1 Å². The number of hydrogen-bond donors (Lipinski definition) is 1. The fourth-order valence-corrected chi connectivity index (χ4v) is 7.77. The third-order valence-corrected chi connectivity index (χ3v) is 8.56. The summed E-state index contributed by atoms with van der Waals surface area (Å²) < 4.78 is 50.1. The van der Waals surface area contributed by atoms with Gasteiger partial charge in [0.15, 0.2) is 9.84 Å². The van der Waals surface area contributed by atoms with Crippen LogP contribution in [0.5, 0.6) is 0 Å². The van der Waals surface area contributed by atoms with Gasteiger partial charge in [0.2, 0.25) is 10.0 Å². The van der Waals surface area contributed by atoms with Gasteiger partial charge in [-0.3, -0.25) is 0 Å². The van der Waals surface area contributed by atoms with Gasteiger partial charge in [0.25, 0.3) is 0 Å². The van der Waals surface area contributed by atoms with E-state index in [-0.39, 0.29) is 24.0 Å². The fourth-order valence-electron chi connectivity index (χ4n) is 3.10. The van der Waals surface area contributed by atoms with Crippen molar-refractivity contribution in [1.29, 1.82) is 0 Å². The maximum Gasteiger partial charge on any atom is 0.218 e. The standard InChI is InChI=1S/C13H26N2O4S2/c1-2-8-15(10-12-5-3-4-7-14-12)21(18,19)13-6-9-20(16,17)11-13/h12-14H,2-11H2,1H3. The molecule has 8 heteroatoms. The average molecular weight is 338 g/mol. The van der Waals surface area contributed by atoms with Crippen LogP contribution in [0.25, 0.3) is 0 Å². The minimum atomic E-state index is -3.52. The zero-order valence-electron chi connectivity index (χ0n) is 12.6. The van der Waals surface area contributed by atoms with Crippen molar-refractivity contribution in [3.8, 4) is 0 Å². The van der Waals surface area contributed by atoms with Gasteiger partial charge in [-0.15, -0.1) is 0 Å². The van der Waals surface area contributed by atoms with Crippen LogP contribution in [0.4, 0.5) is 0 Å². The molecule has 124 valence electrons. The first-order valence-corrected chi connectivity index (χ1v) is 11.1. The van der Waals surface area contributed by atoms with Gasteiger partial charge in [0.05, 0.1) is 16.8 Å². The van der Waals surface area contributed by atoms with E-state index < -0.39 is 25.1 Å². The van der Waals surface area contributed by atoms with E-state index in [9.17, 15) is 16.8 Å². The van der Waals surface area contributed by atoms with E-state index in [1.54, 1.807) is 0 Å². The van der Waals surface area contributed by atoms with Crippen molar-refractivity contribution in [3.05, 3.63) is 0 Å². The molecule has 0 spiro atoms. The lowest BCUT2D eigenvalue weighted by molar-refractivity contribution is 0.310. The van der Waals surface area contributed by atoms with Gasteiger partial charge in [-0.1, -0.05) is 13.3 Å². The molecule has 2 unspecified atom stereocenters. The molecule has 2 aliphatic heterocycles. The van der Waals surface area contributed by atoms with Crippen LogP contribution in [0.1, 0.15) is 39.0 Å². The molecule has 21 heavy (non-hydrogen) atoms. The summed E-state index contributed by atoms with van der Waals surface area (Å²) in [6, 6.07) is 0.193. The minimum absolute atomic E-state index is 0.00145. The Labute approximate surface area is 128 Å². The normalized spacial score (nSPS) is 29.8. The summed E-state index contributed by atoms with van der Waals surface area (Å²) in [5, 5.41) is 2.61. The highest BCUT2D eigenvalue weighted by Gasteiger charge is 2.40. The smallest absolute Gasteiger partial charge is 0.218 e. The minimum Gasteiger partial charge on any atom is -0.313 e. The highest BCUT2D eigenvalue weighted by molar-refractivity contribution is 7.95. The van der Waals surface area contributed by atoms with E-state index >= 15 is 0 Å². The van der Waals surface area contributed by atoms with E-state index in [4.69, 9.17) is 0 Å². The predicted octanol–water partition coefficient (Wildman–Crippen LogP) is 0.357. The van der Waals surface area contributed by atoms with Gasteiger partial charge in [-0.25, -0.2) is 21.1 Å². The number of nitrogens with one attached hydrogen (secondary N) is 1. The lowest BCUT2D eigenvalue weighted by Gasteiger charge is -2.31. The molecule has 2 heterocycles. The van der Waals surface area contributed by atoms with Crippen LogP contribution >= 0.6 is 0 Å². The van der Waals surface area contributed by atoms with Crippen LogP contribution in [0.15, 0.2) is 0 Å². The first-order valence-electron chi connectivity index (χ1n) is 7.78. The summed E-state index contributed by atoms with van der Waals surface area (Å²) in [6.07, 6.45) is 4.22. The summed E-state index contributed by atoms with van der Waals surface area (Å²) in [5.41, 5.74) is 0. The molecule has 0 amide bonds. The third-order valence-electron chi connectivity index (χ3n) is 4.28. The number of sulfone groups is 1. The van der Waals surface area contributed by atoms with Crippen molar-refractivity contribution >= 4 is 19.9 Å². The Morgan fingerprint density at radius 1 is 1.24 bits per heavy atom. The Hall–Kier alpha value is -0.180. The molecule has 0 aromatic carbocycles. The second-order valence-electron chi connectivity index (χ2n) is 6.07. The first kappa shape index (κ1) is 17.2. The Morgan fingerprint density at radius 2 is 2.00 bits per heavy atom. The molecular weight excluding hydrogens is 312 g/mol. The molecule has 0 aromatic rings. The Bertz CT molecular complexity index is 539. The molecule has 0 aliphatic carbocycles. The molecule has 2 rings (SSSR count). The number of hydrogen-bond acceptors (Lipinski definition) is 5. The third kappa shape index (κ3) is 4.40. The monoisotopic (exact) mass is 338 g/mol. The highest BCUT2D eigenvalue weighted by Crippen LogP contribution is 2.23. The summed E-state index contributed by atoms with van der Waals surface area (Å²) in [5.74, 6) is -0.216. The van der Waals surface area contributed by atoms with Crippen molar-refractivity contribution in [2.24, 2.45) is 0 Å². The van der Waals surface area contributed by atoms with Gasteiger partial charge in [-0.05, 0) is 32.2 Å². The Kier molecular flexibility index (Phi) is 5.67. The molecule has 2 saturated heterocycles. The maximum atomic E-state index is 12.7. The summed E-state index contributed by atoms with van der Waals surface area (Å²) >= 11 is 0. The van der Waals surface area contributed by atoms with Crippen LogP contribution < -0.4 is 5.32 Å². The number of nitrogens with zero attached hydrogens (tertiary/aromatic N) is 1. The SMILES string of the molecule is CCCN(CC1CCCCN1)S(=O)(=O)C1CCS(=O)(=O)C1. The van der Waals surface area contributed by atoms with Gasteiger partial charge < -0.3 is 5.32 Å². The molecule has 0 aromatic heterocycles. The number of sulfonamides is 1. The van der Waals surface area contributed by atoms with Crippen LogP contribution in [0, 0.1) is 0 Å². The van der Waals surface area contributed by atoms with Crippen molar-refractivity contribution in [3.63, 3.8) is 0 Å². The fraction of sp³-hybridized carbons (Fsp3) is 1.00. The van der Waals surface area contributed by atoms with Crippen LogP contribution in [0.3, 0.4) is 0 Å². The largest absolute Gasteiger partial charge is 0.313 e. The Balaban J connectivity index is 2.08. The predicted molar refractivity (Wildman–Crippen MR) is 83.5 cm³/mol. The van der Waals surface area contributed by atoms with Crippen molar-refractivity contribution in [2.45, 2.75) is 50.3 Å². The molecule has 2 aliphatic rings. The molecule has 2 atom stereocenters. The van der Waals surface area contributed by atoms with Gasteiger partial charge >= 0.3 is 0 Å². The van der Waals surface area contributed by atoms with E-state index in [0.717, 1.165) is 32.2 Å². The van der Waals surface area contributed by atoms with Crippen molar-refractivity contribution in [2.75, 3.05) is 31.1 Å². The summed E-state index contributed by atoms with van der Waals surface area (Å²) in [4.78, 5) is 0. The van der Waals surface area contributed by atoms with E-state index in [2.05, 4.69) is 5.32 Å². The first-order chi connectivity index (χ1) is 9.85. The Morgan fingerprint density at radius 3 is 2.52 bits per heavy atom. The van der Waals surface area contributed by atoms with Crippen molar-refractivity contribution < 1.29 is 16.8 Å². The molecule has 0 bridgehead atoms. The molecule has 0 saturated carbocycles. The van der Waals surface area contributed by atoms with Crippen molar-refractivity contribution in [1.82, 2.24) is 9.62 Å². The zero-order valence-corrected chi connectivity index (χ0v) is 14.3. The topological polar surface area (TPSA) is 83.6 Å². The van der Waals surface area contributed by atoms with Gasteiger partial charge in [-0.2, -0.15) is 0 Å². The van der Waals surface area contributed by atoms with Crippen LogP contribution in [-0.4, -0.2) is 63.6 Å². The second kappa shape index (κ2) is 6.93. The average Bonchev–Trinajstić information content (AvgIpc) is 2.80. The summed E-state index contributed by atoms with van der Waals surface area (Å²) in [6.45, 7) is 3.81. The quantitative estimate of drug-likeness (QED) is 0.756. The van der Waals surface area contributed by atoms with Gasteiger partial charge in [0.1, 0.15) is 0 Å². The zero-order chi connectivity index (χ0) is 15.5. The number of rotatable bonds is 6. The molecular formula is C13H26N2O4S2.